The Hall–Kier alpha value is 0.417. The number of rotatable bonds is 21. The monoisotopic (exact) mass is 606 g/mol. The van der Waals surface area contributed by atoms with E-state index in [-0.39, 0.29) is 6.61 Å². The van der Waals surface area contributed by atoms with Gasteiger partial charge in [-0.2, -0.15) is 39.5 Å². The lowest BCUT2D eigenvalue weighted by Gasteiger charge is -2.33. The molecule has 0 heterocycles. The third-order valence-electron chi connectivity index (χ3n) is 5.52. The lowest BCUT2D eigenvalue weighted by Crippen LogP contribution is -2.61. The topological polar surface area (TPSA) is 9.23 Å². The molecule has 0 rings (SSSR count). The van der Waals surface area contributed by atoms with Crippen LogP contribution >= 0.6 is 33.2 Å². The zero-order valence-electron chi connectivity index (χ0n) is 19.5. The number of unbranched alkanes of at least 4 members (excludes halogenated alkanes) is 12. The minimum Gasteiger partial charge on any atom is -0.381 e. The van der Waals surface area contributed by atoms with E-state index in [9.17, 15) is 39.5 Å². The van der Waals surface area contributed by atoms with Crippen LogP contribution in [0.4, 0.5) is 39.5 Å². The highest BCUT2D eigenvalue weighted by atomic mass is 35.8. The molecule has 0 atom stereocenters. The fraction of sp³-hybridized carbons (Fsp3) is 1.00. The second kappa shape index (κ2) is 16.4. The lowest BCUT2D eigenvalue weighted by atomic mass is 10.0. The van der Waals surface area contributed by atoms with Crippen LogP contribution in [0.3, 0.4) is 0 Å². The van der Waals surface area contributed by atoms with Gasteiger partial charge in [-0.25, -0.2) is 0 Å². The smallest absolute Gasteiger partial charge is 0.381 e. The fourth-order valence-corrected chi connectivity index (χ4v) is 5.19. The summed E-state index contributed by atoms with van der Waals surface area (Å²) in [6, 6.07) is -1.79. The van der Waals surface area contributed by atoms with Gasteiger partial charge in [-0.3, -0.25) is 0 Å². The summed E-state index contributed by atoms with van der Waals surface area (Å²) in [5, 5.41) is 0. The predicted octanol–water partition coefficient (Wildman–Crippen LogP) is 10.6. The molecule has 0 aliphatic heterocycles. The number of halogens is 12. The average molecular weight is 608 g/mol. The summed E-state index contributed by atoms with van der Waals surface area (Å²) in [5.74, 6) is -19.0. The molecule has 0 unspecified atom stereocenters. The van der Waals surface area contributed by atoms with E-state index >= 15 is 0 Å². The highest BCUT2D eigenvalue weighted by Gasteiger charge is 2.81. The molecule has 14 heteroatoms. The van der Waals surface area contributed by atoms with Crippen molar-refractivity contribution in [1.29, 1.82) is 0 Å². The van der Waals surface area contributed by atoms with Gasteiger partial charge in [0.25, 0.3) is 0 Å². The number of hydrogen-bond acceptors (Lipinski definition) is 1. The first-order valence-corrected chi connectivity index (χ1v) is 17.0. The molecule has 35 heavy (non-hydrogen) atoms. The molecule has 0 amide bonds. The van der Waals surface area contributed by atoms with Crippen molar-refractivity contribution in [1.82, 2.24) is 0 Å². The van der Waals surface area contributed by atoms with Crippen molar-refractivity contribution in [3.63, 3.8) is 0 Å². The maximum absolute atomic E-state index is 13.3. The first kappa shape index (κ1) is 35.4. The fourth-order valence-electron chi connectivity index (χ4n) is 3.34. The zero-order chi connectivity index (χ0) is 27.2. The molecule has 0 saturated carbocycles. The van der Waals surface area contributed by atoms with Crippen LogP contribution in [0.2, 0.25) is 6.04 Å². The van der Waals surface area contributed by atoms with Crippen molar-refractivity contribution in [2.24, 2.45) is 0 Å². The summed E-state index contributed by atoms with van der Waals surface area (Å²) in [4.78, 5) is 0. The minimum absolute atomic E-state index is 0.0683. The van der Waals surface area contributed by atoms with Gasteiger partial charge in [0.2, 0.25) is 0 Å². The maximum Gasteiger partial charge on any atom is 0.460 e. The van der Waals surface area contributed by atoms with E-state index in [1.807, 2.05) is 0 Å². The molecular formula is C21H34Cl3F9OSi. The van der Waals surface area contributed by atoms with Crippen molar-refractivity contribution in [2.75, 3.05) is 13.2 Å². The Bertz CT molecular complexity index is 559. The molecule has 212 valence electrons. The molecule has 0 radical (unpaired) electrons. The van der Waals surface area contributed by atoms with Crippen LogP contribution in [0.15, 0.2) is 0 Å². The first-order chi connectivity index (χ1) is 16.0. The molecule has 0 saturated heterocycles. The van der Waals surface area contributed by atoms with Crippen LogP contribution in [0, 0.1) is 0 Å². The molecule has 0 fully saturated rings. The predicted molar refractivity (Wildman–Crippen MR) is 124 cm³/mol. The Kier molecular flexibility index (Phi) is 16.6. The largest absolute Gasteiger partial charge is 0.460 e. The molecular weight excluding hydrogens is 574 g/mol. The van der Waals surface area contributed by atoms with Crippen LogP contribution in [-0.2, 0) is 4.74 Å². The quantitative estimate of drug-likeness (QED) is 0.0546. The Morgan fingerprint density at radius 1 is 0.486 bits per heavy atom. The Labute approximate surface area is 216 Å². The summed E-state index contributed by atoms with van der Waals surface area (Å²) in [5.41, 5.74) is 0. The van der Waals surface area contributed by atoms with Crippen LogP contribution in [0.5, 0.6) is 0 Å². The van der Waals surface area contributed by atoms with Gasteiger partial charge in [-0.05, 0) is 12.5 Å². The van der Waals surface area contributed by atoms with E-state index in [1.54, 1.807) is 0 Å². The van der Waals surface area contributed by atoms with E-state index in [2.05, 4.69) is 0 Å². The van der Waals surface area contributed by atoms with Crippen molar-refractivity contribution in [2.45, 2.75) is 120 Å². The van der Waals surface area contributed by atoms with Gasteiger partial charge in [0.1, 0.15) is 0 Å². The van der Waals surface area contributed by atoms with E-state index in [1.165, 1.54) is 6.42 Å². The summed E-state index contributed by atoms with van der Waals surface area (Å²) in [6.45, 7) is -1.12. The third-order valence-corrected chi connectivity index (χ3v) is 8.14. The second-order valence-electron chi connectivity index (χ2n) is 8.67. The van der Waals surface area contributed by atoms with E-state index in [0.717, 1.165) is 64.2 Å². The third kappa shape index (κ3) is 14.2. The van der Waals surface area contributed by atoms with Crippen molar-refractivity contribution < 1.29 is 44.3 Å². The first-order valence-electron chi connectivity index (χ1n) is 11.8. The molecule has 0 aromatic carbocycles. The van der Waals surface area contributed by atoms with E-state index in [0.29, 0.717) is 18.9 Å². The Morgan fingerprint density at radius 2 is 0.857 bits per heavy atom. The van der Waals surface area contributed by atoms with Gasteiger partial charge in [0.05, 0.1) is 6.61 Å². The standard InChI is InChI=1S/C21H34Cl3F9OSi/c22-35(23,24)17-13-11-9-7-5-3-1-2-4-6-8-10-12-15-34-16-14-18(25,26)19(27,28)20(29,30)21(31,32)33/h1-17H2. The Balaban J connectivity index is 3.67. The van der Waals surface area contributed by atoms with Crippen LogP contribution < -0.4 is 0 Å². The molecule has 0 aliphatic carbocycles. The molecule has 0 bridgehead atoms. The van der Waals surface area contributed by atoms with Gasteiger partial charge >= 0.3 is 29.9 Å². The number of ether oxygens (including phenoxy) is 1. The van der Waals surface area contributed by atoms with Gasteiger partial charge in [0, 0.05) is 13.0 Å². The Morgan fingerprint density at radius 3 is 1.23 bits per heavy atom. The second-order valence-corrected chi connectivity index (χ2v) is 18.0. The summed E-state index contributed by atoms with van der Waals surface area (Å²) in [6.07, 6.45) is 4.18. The number of alkyl halides is 9. The summed E-state index contributed by atoms with van der Waals surface area (Å²) in [7, 11) is 0. The molecule has 0 spiro atoms. The molecule has 0 aromatic heterocycles. The average Bonchev–Trinajstić information content (AvgIpc) is 2.70. The number of hydrogen-bond donors (Lipinski definition) is 0. The summed E-state index contributed by atoms with van der Waals surface area (Å²) < 4.78 is 119. The molecule has 0 aromatic rings. The SMILES string of the molecule is FC(F)(F)C(F)(F)C(F)(F)C(F)(F)CCOCCCCCCCCCCCCCCC[Si](Cl)(Cl)Cl. The minimum atomic E-state index is -6.85. The van der Waals surface area contributed by atoms with Crippen molar-refractivity contribution >= 4 is 39.2 Å². The van der Waals surface area contributed by atoms with E-state index < -0.39 is 43.0 Å². The maximum atomic E-state index is 13.3. The highest BCUT2D eigenvalue weighted by Crippen LogP contribution is 2.53. The van der Waals surface area contributed by atoms with Gasteiger partial charge in [0.15, 0.2) is 0 Å². The summed E-state index contributed by atoms with van der Waals surface area (Å²) >= 11 is 17.5. The van der Waals surface area contributed by atoms with Gasteiger partial charge in [-0.1, -0.05) is 77.0 Å². The van der Waals surface area contributed by atoms with Crippen LogP contribution in [0.1, 0.15) is 89.9 Å². The lowest BCUT2D eigenvalue weighted by molar-refractivity contribution is -0.397. The highest BCUT2D eigenvalue weighted by molar-refractivity contribution is 7.64. The molecule has 1 nitrogen and oxygen atoms in total. The molecule has 0 N–H and O–H groups in total. The van der Waals surface area contributed by atoms with E-state index in [4.69, 9.17) is 38.0 Å². The molecule has 0 aliphatic rings. The van der Waals surface area contributed by atoms with Crippen molar-refractivity contribution in [3.05, 3.63) is 0 Å². The van der Waals surface area contributed by atoms with Crippen LogP contribution in [0.25, 0.3) is 0 Å². The van der Waals surface area contributed by atoms with Crippen molar-refractivity contribution in [3.8, 4) is 0 Å². The van der Waals surface area contributed by atoms with Gasteiger partial charge < -0.3 is 4.74 Å². The van der Waals surface area contributed by atoms with Crippen LogP contribution in [-0.4, -0.2) is 43.2 Å². The van der Waals surface area contributed by atoms with Gasteiger partial charge in [-0.15, -0.1) is 33.2 Å². The zero-order valence-corrected chi connectivity index (χ0v) is 22.7. The normalized spacial score (nSPS) is 14.1.